The van der Waals surface area contributed by atoms with Crippen LogP contribution < -0.4 is 5.32 Å². The molecule has 0 radical (unpaired) electrons. The molecule has 0 aliphatic heterocycles. The summed E-state index contributed by atoms with van der Waals surface area (Å²) in [4.78, 5) is 17.3. The maximum Gasteiger partial charge on any atom is 0.224 e. The SMILES string of the molecule is COC1CCCC[C@@H]1NC(=O)Cc1cn(CC2=CCC=C(F)C=C2)c2cccnc12. The first-order chi connectivity index (χ1) is 14.6. The number of methoxy groups -OCH3 is 1. The van der Waals surface area contributed by atoms with E-state index in [-0.39, 0.29) is 30.3 Å². The van der Waals surface area contributed by atoms with Crippen LogP contribution in [0.5, 0.6) is 0 Å². The first-order valence-electron chi connectivity index (χ1n) is 10.6. The van der Waals surface area contributed by atoms with Crippen molar-refractivity contribution in [2.45, 2.75) is 57.2 Å². The van der Waals surface area contributed by atoms with E-state index in [9.17, 15) is 9.18 Å². The van der Waals surface area contributed by atoms with Crippen LogP contribution in [0.2, 0.25) is 0 Å². The number of hydrogen-bond donors (Lipinski definition) is 1. The number of amides is 1. The number of fused-ring (bicyclic) bond motifs is 1. The van der Waals surface area contributed by atoms with Crippen molar-refractivity contribution in [2.75, 3.05) is 7.11 Å². The van der Waals surface area contributed by atoms with Crippen LogP contribution in [0.25, 0.3) is 11.0 Å². The number of ether oxygens (including phenoxy) is 1. The van der Waals surface area contributed by atoms with Gasteiger partial charge in [-0.3, -0.25) is 9.78 Å². The Kier molecular flexibility index (Phi) is 6.43. The van der Waals surface area contributed by atoms with E-state index in [4.69, 9.17) is 4.74 Å². The van der Waals surface area contributed by atoms with Crippen LogP contribution in [0.1, 0.15) is 37.7 Å². The Balaban J connectivity index is 1.51. The summed E-state index contributed by atoms with van der Waals surface area (Å²) in [7, 11) is 1.71. The van der Waals surface area contributed by atoms with Gasteiger partial charge in [-0.25, -0.2) is 4.39 Å². The molecule has 0 saturated heterocycles. The van der Waals surface area contributed by atoms with Crippen molar-refractivity contribution >= 4 is 16.9 Å². The highest BCUT2D eigenvalue weighted by molar-refractivity contribution is 5.87. The third-order valence-electron chi connectivity index (χ3n) is 5.92. The van der Waals surface area contributed by atoms with E-state index < -0.39 is 0 Å². The van der Waals surface area contributed by atoms with Crippen LogP contribution in [0.15, 0.2) is 60.2 Å². The average Bonchev–Trinajstić information content (AvgIpc) is 2.94. The molecular formula is C24H28FN3O2. The molecule has 2 aromatic heterocycles. The minimum Gasteiger partial charge on any atom is -0.379 e. The van der Waals surface area contributed by atoms with Crippen molar-refractivity contribution in [1.29, 1.82) is 0 Å². The zero-order chi connectivity index (χ0) is 20.9. The summed E-state index contributed by atoms with van der Waals surface area (Å²) < 4.78 is 21.1. The van der Waals surface area contributed by atoms with E-state index in [0.717, 1.165) is 47.9 Å². The summed E-state index contributed by atoms with van der Waals surface area (Å²) in [6.07, 6.45) is 15.8. The van der Waals surface area contributed by atoms with Gasteiger partial charge in [-0.15, -0.1) is 0 Å². The molecular weight excluding hydrogens is 381 g/mol. The Hall–Kier alpha value is -2.73. The molecule has 2 atom stereocenters. The predicted molar refractivity (Wildman–Crippen MR) is 116 cm³/mol. The first-order valence-corrected chi connectivity index (χ1v) is 10.6. The fraction of sp³-hybridized carbons (Fsp3) is 0.417. The maximum atomic E-state index is 13.5. The molecule has 1 saturated carbocycles. The molecule has 0 bridgehead atoms. The van der Waals surface area contributed by atoms with E-state index in [2.05, 4.69) is 14.9 Å². The number of aromatic nitrogens is 2. The summed E-state index contributed by atoms with van der Waals surface area (Å²) in [5.41, 5.74) is 3.73. The third-order valence-corrected chi connectivity index (χ3v) is 5.92. The van der Waals surface area contributed by atoms with Crippen molar-refractivity contribution in [3.8, 4) is 0 Å². The van der Waals surface area contributed by atoms with Crippen LogP contribution in [0, 0.1) is 0 Å². The Labute approximate surface area is 176 Å². The zero-order valence-corrected chi connectivity index (χ0v) is 17.3. The van der Waals surface area contributed by atoms with Gasteiger partial charge in [0.1, 0.15) is 5.83 Å². The van der Waals surface area contributed by atoms with Crippen LogP contribution in [-0.4, -0.2) is 34.7 Å². The number of carbonyl (C=O) groups excluding carboxylic acids is 1. The topological polar surface area (TPSA) is 56.1 Å². The summed E-state index contributed by atoms with van der Waals surface area (Å²) >= 11 is 0. The van der Waals surface area contributed by atoms with Crippen molar-refractivity contribution in [3.63, 3.8) is 0 Å². The van der Waals surface area contributed by atoms with Gasteiger partial charge in [0.25, 0.3) is 0 Å². The van der Waals surface area contributed by atoms with E-state index >= 15 is 0 Å². The number of carbonyl (C=O) groups is 1. The van der Waals surface area contributed by atoms with Crippen LogP contribution >= 0.6 is 0 Å². The summed E-state index contributed by atoms with van der Waals surface area (Å²) in [5, 5.41) is 3.16. The molecule has 1 N–H and O–H groups in total. The van der Waals surface area contributed by atoms with E-state index in [1.165, 1.54) is 6.08 Å². The molecule has 158 valence electrons. The zero-order valence-electron chi connectivity index (χ0n) is 17.3. The second kappa shape index (κ2) is 9.39. The van der Waals surface area contributed by atoms with Crippen LogP contribution in [0.3, 0.4) is 0 Å². The minimum absolute atomic E-state index is 0.00602. The van der Waals surface area contributed by atoms with E-state index in [1.54, 1.807) is 25.5 Å². The Morgan fingerprint density at radius 1 is 1.30 bits per heavy atom. The quantitative estimate of drug-likeness (QED) is 0.770. The minimum atomic E-state index is -0.213. The fourth-order valence-electron chi connectivity index (χ4n) is 4.39. The van der Waals surface area contributed by atoms with Gasteiger partial charge in [0, 0.05) is 31.6 Å². The molecule has 2 aromatic rings. The number of allylic oxidation sites excluding steroid dienone is 6. The standard InChI is InChI=1S/C24H28FN3O2/c1-30-22-10-3-2-8-20(22)27-23(29)14-18-16-28(21-9-5-13-26-24(18)21)15-17-6-4-7-19(25)12-11-17/h5-7,9,11-13,16,20,22H,2-4,8,10,14-15H2,1H3,(H,27,29)/t20-,22?/m0/s1. The molecule has 0 aromatic carbocycles. The molecule has 4 rings (SSSR count). The molecule has 2 aliphatic carbocycles. The van der Waals surface area contributed by atoms with Crippen molar-refractivity contribution in [1.82, 2.24) is 14.9 Å². The highest BCUT2D eigenvalue weighted by atomic mass is 19.1. The molecule has 2 aliphatic rings. The van der Waals surface area contributed by atoms with Crippen LogP contribution in [-0.2, 0) is 22.5 Å². The fourth-order valence-corrected chi connectivity index (χ4v) is 4.39. The molecule has 1 fully saturated rings. The second-order valence-electron chi connectivity index (χ2n) is 8.00. The van der Waals surface area contributed by atoms with Crippen molar-refractivity contribution < 1.29 is 13.9 Å². The Bertz CT molecular complexity index is 1010. The number of nitrogens with one attached hydrogen (secondary N) is 1. The first kappa shape index (κ1) is 20.5. The van der Waals surface area contributed by atoms with Crippen molar-refractivity contribution in [2.24, 2.45) is 0 Å². The van der Waals surface area contributed by atoms with Gasteiger partial charge < -0.3 is 14.6 Å². The normalized spacial score (nSPS) is 21.8. The van der Waals surface area contributed by atoms with Gasteiger partial charge in [-0.2, -0.15) is 0 Å². The largest absolute Gasteiger partial charge is 0.379 e. The number of halogens is 1. The second-order valence-corrected chi connectivity index (χ2v) is 8.00. The number of rotatable bonds is 6. The predicted octanol–water partition coefficient (Wildman–Crippen LogP) is 4.39. The lowest BCUT2D eigenvalue weighted by Crippen LogP contribution is -2.46. The van der Waals surface area contributed by atoms with E-state index in [0.29, 0.717) is 13.0 Å². The molecule has 6 heteroatoms. The highest BCUT2D eigenvalue weighted by Crippen LogP contribution is 2.24. The lowest BCUT2D eigenvalue weighted by atomic mass is 9.92. The van der Waals surface area contributed by atoms with Gasteiger partial charge in [-0.1, -0.05) is 25.0 Å². The van der Waals surface area contributed by atoms with Gasteiger partial charge in [0.2, 0.25) is 5.91 Å². The molecule has 1 unspecified atom stereocenters. The Morgan fingerprint density at radius 3 is 3.03 bits per heavy atom. The maximum absolute atomic E-state index is 13.5. The smallest absolute Gasteiger partial charge is 0.224 e. The monoisotopic (exact) mass is 409 g/mol. The lowest BCUT2D eigenvalue weighted by Gasteiger charge is -2.31. The molecule has 5 nitrogen and oxygen atoms in total. The summed E-state index contributed by atoms with van der Waals surface area (Å²) in [5.74, 6) is -0.219. The van der Waals surface area contributed by atoms with Gasteiger partial charge in [-0.05, 0) is 49.1 Å². The Morgan fingerprint density at radius 2 is 2.17 bits per heavy atom. The molecule has 30 heavy (non-hydrogen) atoms. The molecule has 0 spiro atoms. The van der Waals surface area contributed by atoms with Crippen molar-refractivity contribution in [3.05, 3.63) is 65.8 Å². The highest BCUT2D eigenvalue weighted by Gasteiger charge is 2.26. The number of pyridine rings is 1. The number of nitrogens with zero attached hydrogens (tertiary/aromatic N) is 2. The molecule has 1 amide bonds. The van der Waals surface area contributed by atoms with Gasteiger partial charge in [0.05, 0.1) is 29.6 Å². The van der Waals surface area contributed by atoms with Crippen LogP contribution in [0.4, 0.5) is 4.39 Å². The summed E-state index contributed by atoms with van der Waals surface area (Å²) in [6, 6.07) is 3.97. The lowest BCUT2D eigenvalue weighted by molar-refractivity contribution is -0.122. The average molecular weight is 410 g/mol. The van der Waals surface area contributed by atoms with Gasteiger partial charge >= 0.3 is 0 Å². The summed E-state index contributed by atoms with van der Waals surface area (Å²) in [6.45, 7) is 0.607. The number of hydrogen-bond acceptors (Lipinski definition) is 3. The van der Waals surface area contributed by atoms with E-state index in [1.807, 2.05) is 24.4 Å². The third kappa shape index (κ3) is 4.70. The van der Waals surface area contributed by atoms with Gasteiger partial charge in [0.15, 0.2) is 0 Å². The molecule has 2 heterocycles.